The average molecular weight is 307 g/mol. The van der Waals surface area contributed by atoms with Crippen molar-refractivity contribution >= 4 is 11.7 Å². The lowest BCUT2D eigenvalue weighted by molar-refractivity contribution is 0.251. The lowest BCUT2D eigenvalue weighted by Crippen LogP contribution is -2.27. The number of furan rings is 1. The number of nitrogens with one attached hydrogen (secondary N) is 2. The molecule has 0 aliphatic heterocycles. The van der Waals surface area contributed by atoms with Crippen molar-refractivity contribution in [1.29, 1.82) is 0 Å². The standard InChI is InChI=1S/C18H17N3O2/c1-13-11-15(8-9-19-13)14-4-6-16(7-5-14)21-18(22)20-12-17-3-2-10-23-17/h2-11H,12H2,1H3,(H2,20,21,22). The van der Waals surface area contributed by atoms with Crippen molar-refractivity contribution in [1.82, 2.24) is 10.3 Å². The Balaban J connectivity index is 1.60. The lowest BCUT2D eigenvalue weighted by Gasteiger charge is -2.08. The second kappa shape index (κ2) is 6.79. The molecule has 0 fully saturated rings. The Kier molecular flexibility index (Phi) is 4.38. The van der Waals surface area contributed by atoms with E-state index in [1.807, 2.05) is 49.4 Å². The summed E-state index contributed by atoms with van der Waals surface area (Å²) in [4.78, 5) is 16.0. The lowest BCUT2D eigenvalue weighted by atomic mass is 10.1. The number of rotatable bonds is 4. The van der Waals surface area contributed by atoms with Gasteiger partial charge in [-0.2, -0.15) is 0 Å². The molecule has 0 saturated heterocycles. The summed E-state index contributed by atoms with van der Waals surface area (Å²) in [6, 6.07) is 15.0. The number of aromatic nitrogens is 1. The number of hydrogen-bond acceptors (Lipinski definition) is 3. The Labute approximate surface area is 134 Å². The van der Waals surface area contributed by atoms with Crippen molar-refractivity contribution in [3.05, 3.63) is 72.4 Å². The second-order valence-corrected chi connectivity index (χ2v) is 5.15. The number of carbonyl (C=O) groups excluding carboxylic acids is 1. The molecule has 0 spiro atoms. The van der Waals surface area contributed by atoms with Crippen molar-refractivity contribution in [3.63, 3.8) is 0 Å². The molecule has 3 aromatic rings. The maximum absolute atomic E-state index is 11.8. The molecule has 5 nitrogen and oxygen atoms in total. The van der Waals surface area contributed by atoms with Crippen LogP contribution in [0.25, 0.3) is 11.1 Å². The number of urea groups is 1. The third kappa shape index (κ3) is 3.97. The highest BCUT2D eigenvalue weighted by atomic mass is 16.3. The van der Waals surface area contributed by atoms with Gasteiger partial charge in [0.15, 0.2) is 0 Å². The fourth-order valence-electron chi connectivity index (χ4n) is 2.23. The molecule has 2 aromatic heterocycles. The Morgan fingerprint density at radius 1 is 1.13 bits per heavy atom. The number of hydrogen-bond donors (Lipinski definition) is 2. The van der Waals surface area contributed by atoms with Gasteiger partial charge in [0.2, 0.25) is 0 Å². The van der Waals surface area contributed by atoms with Gasteiger partial charge in [0.25, 0.3) is 0 Å². The molecule has 2 amide bonds. The van der Waals surface area contributed by atoms with E-state index in [9.17, 15) is 4.79 Å². The maximum Gasteiger partial charge on any atom is 0.319 e. The summed E-state index contributed by atoms with van der Waals surface area (Å²) in [6.07, 6.45) is 3.37. The van der Waals surface area contributed by atoms with Crippen LogP contribution in [0.4, 0.5) is 10.5 Å². The third-order valence-corrected chi connectivity index (χ3v) is 3.38. The highest BCUT2D eigenvalue weighted by Gasteiger charge is 2.04. The van der Waals surface area contributed by atoms with Gasteiger partial charge in [0.1, 0.15) is 5.76 Å². The molecular weight excluding hydrogens is 290 g/mol. The van der Waals surface area contributed by atoms with Crippen molar-refractivity contribution in [2.75, 3.05) is 5.32 Å². The summed E-state index contributed by atoms with van der Waals surface area (Å²) in [7, 11) is 0. The number of benzene rings is 1. The molecule has 0 aliphatic carbocycles. The fraction of sp³-hybridized carbons (Fsp3) is 0.111. The first-order valence-electron chi connectivity index (χ1n) is 7.31. The first-order valence-corrected chi connectivity index (χ1v) is 7.31. The number of aryl methyl sites for hydroxylation is 1. The van der Waals surface area contributed by atoms with Crippen molar-refractivity contribution in [2.24, 2.45) is 0 Å². The predicted molar refractivity (Wildman–Crippen MR) is 89.0 cm³/mol. The number of amides is 2. The van der Waals surface area contributed by atoms with Crippen LogP contribution in [0.2, 0.25) is 0 Å². The van der Waals surface area contributed by atoms with E-state index in [1.165, 1.54) is 0 Å². The molecule has 0 unspecified atom stereocenters. The zero-order valence-corrected chi connectivity index (χ0v) is 12.7. The third-order valence-electron chi connectivity index (χ3n) is 3.38. The average Bonchev–Trinajstić information content (AvgIpc) is 3.07. The largest absolute Gasteiger partial charge is 0.467 e. The zero-order chi connectivity index (χ0) is 16.1. The van der Waals surface area contributed by atoms with Crippen LogP contribution in [-0.2, 0) is 6.54 Å². The van der Waals surface area contributed by atoms with Crippen molar-refractivity contribution in [2.45, 2.75) is 13.5 Å². The van der Waals surface area contributed by atoms with E-state index in [4.69, 9.17) is 4.42 Å². The van der Waals surface area contributed by atoms with Gasteiger partial charge in [0.05, 0.1) is 12.8 Å². The normalized spacial score (nSPS) is 10.3. The Morgan fingerprint density at radius 2 is 1.96 bits per heavy atom. The van der Waals surface area contributed by atoms with Crippen LogP contribution >= 0.6 is 0 Å². The number of anilines is 1. The highest BCUT2D eigenvalue weighted by molar-refractivity contribution is 5.89. The fourth-order valence-corrected chi connectivity index (χ4v) is 2.23. The minimum atomic E-state index is -0.270. The van der Waals surface area contributed by atoms with Gasteiger partial charge < -0.3 is 15.1 Å². The molecule has 116 valence electrons. The second-order valence-electron chi connectivity index (χ2n) is 5.15. The van der Waals surface area contributed by atoms with Gasteiger partial charge >= 0.3 is 6.03 Å². The molecule has 2 heterocycles. The Hall–Kier alpha value is -3.08. The molecular formula is C18H17N3O2. The van der Waals surface area contributed by atoms with Gasteiger partial charge in [-0.3, -0.25) is 4.98 Å². The number of carbonyl (C=O) groups is 1. The monoisotopic (exact) mass is 307 g/mol. The smallest absolute Gasteiger partial charge is 0.319 e. The molecule has 3 rings (SSSR count). The molecule has 0 atom stereocenters. The summed E-state index contributed by atoms with van der Waals surface area (Å²) in [5, 5.41) is 5.53. The van der Waals surface area contributed by atoms with E-state index in [2.05, 4.69) is 15.6 Å². The van der Waals surface area contributed by atoms with Gasteiger partial charge in [0, 0.05) is 17.6 Å². The maximum atomic E-state index is 11.8. The van der Waals surface area contributed by atoms with E-state index < -0.39 is 0 Å². The quantitative estimate of drug-likeness (QED) is 0.766. The molecule has 0 aliphatic rings. The highest BCUT2D eigenvalue weighted by Crippen LogP contribution is 2.21. The zero-order valence-electron chi connectivity index (χ0n) is 12.7. The molecule has 5 heteroatoms. The van der Waals surface area contributed by atoms with Crippen molar-refractivity contribution < 1.29 is 9.21 Å². The minimum absolute atomic E-state index is 0.270. The summed E-state index contributed by atoms with van der Waals surface area (Å²) >= 11 is 0. The molecule has 23 heavy (non-hydrogen) atoms. The Morgan fingerprint density at radius 3 is 2.65 bits per heavy atom. The first kappa shape index (κ1) is 14.8. The summed E-state index contributed by atoms with van der Waals surface area (Å²) in [5.41, 5.74) is 3.89. The SMILES string of the molecule is Cc1cc(-c2ccc(NC(=O)NCc3ccco3)cc2)ccn1. The predicted octanol–water partition coefficient (Wildman–Crippen LogP) is 3.97. The summed E-state index contributed by atoms with van der Waals surface area (Å²) in [6.45, 7) is 2.32. The molecule has 0 saturated carbocycles. The van der Waals surface area contributed by atoms with E-state index in [-0.39, 0.29) is 6.03 Å². The molecule has 0 bridgehead atoms. The van der Waals surface area contributed by atoms with Crippen LogP contribution in [-0.4, -0.2) is 11.0 Å². The van der Waals surface area contributed by atoms with Gasteiger partial charge in [-0.05, 0) is 54.4 Å². The van der Waals surface area contributed by atoms with Crippen LogP contribution in [0.15, 0.2) is 65.4 Å². The van der Waals surface area contributed by atoms with Crippen LogP contribution in [0.3, 0.4) is 0 Å². The Bertz CT molecular complexity index is 780. The van der Waals surface area contributed by atoms with Crippen LogP contribution in [0.5, 0.6) is 0 Å². The van der Waals surface area contributed by atoms with Gasteiger partial charge in [-0.25, -0.2) is 4.79 Å². The van der Waals surface area contributed by atoms with Crippen LogP contribution < -0.4 is 10.6 Å². The molecule has 1 aromatic carbocycles. The van der Waals surface area contributed by atoms with Gasteiger partial charge in [-0.15, -0.1) is 0 Å². The minimum Gasteiger partial charge on any atom is -0.467 e. The number of pyridine rings is 1. The number of nitrogens with zero attached hydrogens (tertiary/aromatic N) is 1. The van der Waals surface area contributed by atoms with E-state index in [0.717, 1.165) is 22.5 Å². The molecule has 2 N–H and O–H groups in total. The topological polar surface area (TPSA) is 67.2 Å². The van der Waals surface area contributed by atoms with Gasteiger partial charge in [-0.1, -0.05) is 12.1 Å². The molecule has 0 radical (unpaired) electrons. The van der Waals surface area contributed by atoms with Crippen LogP contribution in [0.1, 0.15) is 11.5 Å². The first-order chi connectivity index (χ1) is 11.2. The van der Waals surface area contributed by atoms with Crippen molar-refractivity contribution in [3.8, 4) is 11.1 Å². The van der Waals surface area contributed by atoms with E-state index in [1.54, 1.807) is 18.5 Å². The van der Waals surface area contributed by atoms with E-state index in [0.29, 0.717) is 12.3 Å². The summed E-state index contributed by atoms with van der Waals surface area (Å²) < 4.78 is 5.16. The van der Waals surface area contributed by atoms with E-state index >= 15 is 0 Å². The van der Waals surface area contributed by atoms with Crippen LogP contribution in [0, 0.1) is 6.92 Å². The summed E-state index contributed by atoms with van der Waals surface area (Å²) in [5.74, 6) is 0.712.